The molecule has 2 aromatic carbocycles. The van der Waals surface area contributed by atoms with Crippen molar-refractivity contribution < 1.29 is 19.1 Å². The highest BCUT2D eigenvalue weighted by Gasteiger charge is 2.19. The van der Waals surface area contributed by atoms with E-state index in [1.165, 1.54) is 4.90 Å². The van der Waals surface area contributed by atoms with Crippen LogP contribution >= 0.6 is 0 Å². The van der Waals surface area contributed by atoms with E-state index in [-0.39, 0.29) is 24.5 Å². The number of fused-ring (bicyclic) bond motifs is 1. The first-order chi connectivity index (χ1) is 14.2. The van der Waals surface area contributed by atoms with Crippen molar-refractivity contribution in [3.05, 3.63) is 52.6 Å². The average Bonchev–Trinajstić information content (AvgIpc) is 2.70. The van der Waals surface area contributed by atoms with E-state index in [1.54, 1.807) is 7.05 Å². The fourth-order valence-electron chi connectivity index (χ4n) is 3.55. The van der Waals surface area contributed by atoms with E-state index in [0.717, 1.165) is 27.9 Å². The van der Waals surface area contributed by atoms with Gasteiger partial charge in [0.05, 0.1) is 6.04 Å². The predicted octanol–water partition coefficient (Wildman–Crippen LogP) is 3.72. The van der Waals surface area contributed by atoms with Gasteiger partial charge in [0.2, 0.25) is 5.91 Å². The number of rotatable bonds is 5. The minimum Gasteiger partial charge on any atom is -0.486 e. The molecular formula is C23H29N3O4. The summed E-state index contributed by atoms with van der Waals surface area (Å²) < 4.78 is 11.1. The molecule has 30 heavy (non-hydrogen) atoms. The molecule has 1 unspecified atom stereocenters. The molecule has 1 heterocycles. The molecule has 3 amide bonds. The Morgan fingerprint density at radius 3 is 2.33 bits per heavy atom. The third-order valence-corrected chi connectivity index (χ3v) is 5.08. The number of nitrogens with zero attached hydrogens (tertiary/aromatic N) is 1. The Morgan fingerprint density at radius 1 is 1.03 bits per heavy atom. The van der Waals surface area contributed by atoms with Crippen molar-refractivity contribution in [2.45, 2.75) is 33.7 Å². The number of hydrogen-bond donors (Lipinski definition) is 2. The molecule has 2 aromatic rings. The minimum absolute atomic E-state index is 0.0492. The lowest BCUT2D eigenvalue weighted by Crippen LogP contribution is -2.42. The molecule has 1 aliphatic heterocycles. The highest BCUT2D eigenvalue weighted by Crippen LogP contribution is 2.32. The van der Waals surface area contributed by atoms with Crippen molar-refractivity contribution in [2.75, 3.05) is 32.1 Å². The molecule has 7 heteroatoms. The standard InChI is InChI=1S/C23H29N3O4/c1-14-10-15(2)22(16(3)11-14)25-21(27)13-26(5)23(28)24-17(4)18-6-7-19-20(12-18)30-9-8-29-19/h6-7,10-12,17H,8-9,13H2,1-5H3,(H,24,28)(H,25,27). The van der Waals surface area contributed by atoms with Crippen LogP contribution in [-0.2, 0) is 4.79 Å². The van der Waals surface area contributed by atoms with Crippen molar-refractivity contribution in [1.29, 1.82) is 0 Å². The maximum atomic E-state index is 12.6. The Morgan fingerprint density at radius 2 is 1.67 bits per heavy atom. The number of hydrogen-bond acceptors (Lipinski definition) is 4. The van der Waals surface area contributed by atoms with Gasteiger partial charge in [0.15, 0.2) is 11.5 Å². The van der Waals surface area contributed by atoms with Crippen molar-refractivity contribution in [2.24, 2.45) is 0 Å². The van der Waals surface area contributed by atoms with E-state index in [2.05, 4.69) is 10.6 Å². The van der Waals surface area contributed by atoms with Crippen LogP contribution in [0.15, 0.2) is 30.3 Å². The monoisotopic (exact) mass is 411 g/mol. The Balaban J connectivity index is 1.57. The topological polar surface area (TPSA) is 79.9 Å². The van der Waals surface area contributed by atoms with Crippen LogP contribution in [0.25, 0.3) is 0 Å². The van der Waals surface area contributed by atoms with Crippen LogP contribution < -0.4 is 20.1 Å². The van der Waals surface area contributed by atoms with Gasteiger partial charge in [-0.3, -0.25) is 4.79 Å². The van der Waals surface area contributed by atoms with Crippen molar-refractivity contribution >= 4 is 17.6 Å². The molecule has 7 nitrogen and oxygen atoms in total. The molecule has 0 fully saturated rings. The highest BCUT2D eigenvalue weighted by atomic mass is 16.6. The third-order valence-electron chi connectivity index (χ3n) is 5.08. The number of carbonyl (C=O) groups is 2. The zero-order chi connectivity index (χ0) is 21.8. The third kappa shape index (κ3) is 5.03. The fraction of sp³-hybridized carbons (Fsp3) is 0.391. The lowest BCUT2D eigenvalue weighted by molar-refractivity contribution is -0.116. The highest BCUT2D eigenvalue weighted by molar-refractivity contribution is 5.95. The van der Waals surface area contributed by atoms with Crippen LogP contribution in [0.4, 0.5) is 10.5 Å². The number of likely N-dealkylation sites (N-methyl/N-ethyl adjacent to an activating group) is 1. The van der Waals surface area contributed by atoms with Crippen LogP contribution in [-0.4, -0.2) is 43.6 Å². The normalized spacial score (nSPS) is 13.4. The maximum Gasteiger partial charge on any atom is 0.318 e. The van der Waals surface area contributed by atoms with Gasteiger partial charge in [-0.2, -0.15) is 0 Å². The summed E-state index contributed by atoms with van der Waals surface area (Å²) in [5.74, 6) is 1.14. The van der Waals surface area contributed by atoms with Crippen LogP contribution in [0.1, 0.15) is 35.2 Å². The van der Waals surface area contributed by atoms with Gasteiger partial charge in [0.25, 0.3) is 0 Å². The van der Waals surface area contributed by atoms with Crippen LogP contribution in [0.2, 0.25) is 0 Å². The van der Waals surface area contributed by atoms with Crippen LogP contribution in [0.5, 0.6) is 11.5 Å². The lowest BCUT2D eigenvalue weighted by Gasteiger charge is -2.23. The quantitative estimate of drug-likeness (QED) is 0.786. The molecule has 160 valence electrons. The van der Waals surface area contributed by atoms with E-state index >= 15 is 0 Å². The summed E-state index contributed by atoms with van der Waals surface area (Å²) in [6.45, 7) is 8.82. The molecule has 0 aliphatic carbocycles. The van der Waals surface area contributed by atoms with Crippen molar-refractivity contribution in [3.63, 3.8) is 0 Å². The largest absolute Gasteiger partial charge is 0.486 e. The van der Waals surface area contributed by atoms with Gasteiger partial charge in [0.1, 0.15) is 19.8 Å². The summed E-state index contributed by atoms with van der Waals surface area (Å²) in [5, 5.41) is 5.83. The SMILES string of the molecule is Cc1cc(C)c(NC(=O)CN(C)C(=O)NC(C)c2ccc3c(c2)OCCO3)c(C)c1. The molecule has 1 aliphatic rings. The molecule has 0 spiro atoms. The van der Waals surface area contributed by atoms with Gasteiger partial charge >= 0.3 is 6.03 Å². The van der Waals surface area contributed by atoms with Gasteiger partial charge in [-0.05, 0) is 56.5 Å². The molecule has 0 saturated carbocycles. The first kappa shape index (κ1) is 21.5. The van der Waals surface area contributed by atoms with Gasteiger partial charge in [-0.1, -0.05) is 23.8 Å². The van der Waals surface area contributed by atoms with Gasteiger partial charge in [-0.15, -0.1) is 0 Å². The van der Waals surface area contributed by atoms with Crippen LogP contribution in [0, 0.1) is 20.8 Å². The van der Waals surface area contributed by atoms with Crippen molar-refractivity contribution in [3.8, 4) is 11.5 Å². The maximum absolute atomic E-state index is 12.6. The second-order valence-electron chi connectivity index (χ2n) is 7.75. The second-order valence-corrected chi connectivity index (χ2v) is 7.75. The van der Waals surface area contributed by atoms with Crippen molar-refractivity contribution in [1.82, 2.24) is 10.2 Å². The van der Waals surface area contributed by atoms with Gasteiger partial charge in [-0.25, -0.2) is 4.79 Å². The Labute approximate surface area is 177 Å². The number of nitrogens with one attached hydrogen (secondary N) is 2. The molecule has 1 atom stereocenters. The fourth-order valence-corrected chi connectivity index (χ4v) is 3.55. The van der Waals surface area contributed by atoms with E-state index in [1.807, 2.05) is 58.0 Å². The smallest absolute Gasteiger partial charge is 0.318 e. The zero-order valence-corrected chi connectivity index (χ0v) is 18.2. The first-order valence-electron chi connectivity index (χ1n) is 10.0. The summed E-state index contributed by atoms with van der Waals surface area (Å²) in [5.41, 5.74) is 4.84. The number of carbonyl (C=O) groups excluding carboxylic acids is 2. The molecule has 0 radical (unpaired) electrons. The molecule has 0 aromatic heterocycles. The average molecular weight is 412 g/mol. The number of anilines is 1. The molecule has 0 saturated heterocycles. The molecule has 2 N–H and O–H groups in total. The van der Waals surface area contributed by atoms with E-state index in [9.17, 15) is 9.59 Å². The summed E-state index contributed by atoms with van der Waals surface area (Å²) in [6.07, 6.45) is 0. The minimum atomic E-state index is -0.329. The number of ether oxygens (including phenoxy) is 2. The Bertz CT molecular complexity index is 934. The van der Waals surface area contributed by atoms with E-state index < -0.39 is 0 Å². The molecule has 0 bridgehead atoms. The second kappa shape index (κ2) is 9.07. The number of benzene rings is 2. The lowest BCUT2D eigenvalue weighted by atomic mass is 10.1. The first-order valence-corrected chi connectivity index (χ1v) is 10.0. The molecular weight excluding hydrogens is 382 g/mol. The van der Waals surface area contributed by atoms with E-state index in [4.69, 9.17) is 9.47 Å². The Kier molecular flexibility index (Phi) is 6.50. The van der Waals surface area contributed by atoms with Gasteiger partial charge < -0.3 is 25.0 Å². The zero-order valence-electron chi connectivity index (χ0n) is 18.2. The summed E-state index contributed by atoms with van der Waals surface area (Å²) in [7, 11) is 1.60. The Hall–Kier alpha value is -3.22. The van der Waals surface area contributed by atoms with Gasteiger partial charge in [0, 0.05) is 12.7 Å². The number of urea groups is 1. The summed E-state index contributed by atoms with van der Waals surface area (Å²) >= 11 is 0. The van der Waals surface area contributed by atoms with E-state index in [0.29, 0.717) is 24.7 Å². The number of amides is 3. The predicted molar refractivity (Wildman–Crippen MR) is 116 cm³/mol. The molecule has 3 rings (SSSR count). The number of aryl methyl sites for hydroxylation is 3. The van der Waals surface area contributed by atoms with Crippen LogP contribution in [0.3, 0.4) is 0 Å². The summed E-state index contributed by atoms with van der Waals surface area (Å²) in [4.78, 5) is 26.4. The summed E-state index contributed by atoms with van der Waals surface area (Å²) in [6, 6.07) is 9.08.